The van der Waals surface area contributed by atoms with Crippen LogP contribution in [0.2, 0.25) is 0 Å². The molecular weight excluding hydrogens is 298 g/mol. The molecule has 1 saturated heterocycles. The molecule has 0 unspecified atom stereocenters. The first-order chi connectivity index (χ1) is 11.1. The second-order valence-corrected chi connectivity index (χ2v) is 4.59. The number of carbonyl (C=O) groups excluding carboxylic acids is 3. The summed E-state index contributed by atoms with van der Waals surface area (Å²) >= 11 is 0. The van der Waals surface area contributed by atoms with E-state index >= 15 is 0 Å². The number of hydrogen-bond donors (Lipinski definition) is 0. The standard InChI is InChI=1S/C8H10O.C7H11NO3.C2H4O/c1-9-7-8-5-3-2-4-6-8;1-11-5-4-8-6(9)2-3-7(8)10;1-2-3/h2-6H,7H2,1H3;2-5H2,1H3;2H,1H3. The van der Waals surface area contributed by atoms with Crippen molar-refractivity contribution < 1.29 is 23.9 Å². The number of imide groups is 1. The summed E-state index contributed by atoms with van der Waals surface area (Å²) in [6.45, 7) is 2.98. The predicted octanol–water partition coefficient (Wildman–Crippen LogP) is 1.82. The van der Waals surface area contributed by atoms with Gasteiger partial charge in [0.1, 0.15) is 6.29 Å². The van der Waals surface area contributed by atoms with Crippen molar-refractivity contribution in [1.82, 2.24) is 4.90 Å². The zero-order chi connectivity index (χ0) is 17.5. The molecule has 1 aromatic carbocycles. The lowest BCUT2D eigenvalue weighted by molar-refractivity contribution is -0.139. The molecule has 2 rings (SSSR count). The molecule has 6 nitrogen and oxygen atoms in total. The molecule has 0 aliphatic carbocycles. The fourth-order valence-electron chi connectivity index (χ4n) is 1.80. The van der Waals surface area contributed by atoms with Crippen LogP contribution in [0.25, 0.3) is 0 Å². The maximum absolute atomic E-state index is 10.9. The lowest BCUT2D eigenvalue weighted by Crippen LogP contribution is -2.32. The second-order valence-electron chi connectivity index (χ2n) is 4.59. The number of aldehydes is 1. The summed E-state index contributed by atoms with van der Waals surface area (Å²) < 4.78 is 9.68. The van der Waals surface area contributed by atoms with E-state index in [1.165, 1.54) is 17.4 Å². The van der Waals surface area contributed by atoms with Crippen LogP contribution in [-0.2, 0) is 30.5 Å². The fourth-order valence-corrected chi connectivity index (χ4v) is 1.80. The number of nitrogens with zero attached hydrogens (tertiary/aromatic N) is 1. The van der Waals surface area contributed by atoms with Crippen LogP contribution in [0.1, 0.15) is 25.3 Å². The minimum Gasteiger partial charge on any atom is -0.383 e. The Morgan fingerprint density at radius 3 is 2.00 bits per heavy atom. The normalized spacial score (nSPS) is 12.9. The van der Waals surface area contributed by atoms with Gasteiger partial charge in [-0.1, -0.05) is 30.3 Å². The van der Waals surface area contributed by atoms with E-state index in [0.717, 1.165) is 6.29 Å². The molecule has 1 fully saturated rings. The molecular formula is C17H25NO5. The minimum absolute atomic E-state index is 0.0768. The Labute approximate surface area is 137 Å². The Morgan fingerprint density at radius 2 is 1.57 bits per heavy atom. The van der Waals surface area contributed by atoms with Crippen LogP contribution in [0.3, 0.4) is 0 Å². The Kier molecular flexibility index (Phi) is 12.4. The topological polar surface area (TPSA) is 72.9 Å². The third-order valence-electron chi connectivity index (χ3n) is 2.83. The summed E-state index contributed by atoms with van der Waals surface area (Å²) in [6.07, 6.45) is 1.48. The highest BCUT2D eigenvalue weighted by atomic mass is 16.5. The lowest BCUT2D eigenvalue weighted by atomic mass is 10.2. The quantitative estimate of drug-likeness (QED) is 0.610. The van der Waals surface area contributed by atoms with Crippen LogP contribution < -0.4 is 0 Å². The first-order valence-corrected chi connectivity index (χ1v) is 7.35. The van der Waals surface area contributed by atoms with Crippen LogP contribution >= 0.6 is 0 Å². The van der Waals surface area contributed by atoms with E-state index in [9.17, 15) is 9.59 Å². The van der Waals surface area contributed by atoms with Gasteiger partial charge in [0.2, 0.25) is 11.8 Å². The van der Waals surface area contributed by atoms with Crippen LogP contribution in [0.4, 0.5) is 0 Å². The highest BCUT2D eigenvalue weighted by molar-refractivity contribution is 6.01. The van der Waals surface area contributed by atoms with E-state index in [1.54, 1.807) is 14.2 Å². The maximum atomic E-state index is 10.9. The van der Waals surface area contributed by atoms with Crippen molar-refractivity contribution in [3.05, 3.63) is 35.9 Å². The molecule has 0 radical (unpaired) electrons. The zero-order valence-electron chi connectivity index (χ0n) is 14.0. The fraction of sp³-hybridized carbons (Fsp3) is 0.471. The van der Waals surface area contributed by atoms with Crippen LogP contribution in [0, 0.1) is 0 Å². The number of ether oxygens (including phenoxy) is 2. The average Bonchev–Trinajstić information content (AvgIpc) is 2.87. The predicted molar refractivity (Wildman–Crippen MR) is 86.7 cm³/mol. The van der Waals surface area contributed by atoms with Gasteiger partial charge < -0.3 is 14.3 Å². The van der Waals surface area contributed by atoms with Gasteiger partial charge in [0.15, 0.2) is 0 Å². The summed E-state index contributed by atoms with van der Waals surface area (Å²) in [5.74, 6) is -0.154. The molecule has 1 heterocycles. The summed E-state index contributed by atoms with van der Waals surface area (Å²) in [7, 11) is 3.25. The average molecular weight is 323 g/mol. The molecule has 6 heteroatoms. The van der Waals surface area contributed by atoms with Crippen molar-refractivity contribution in [3.8, 4) is 0 Å². The van der Waals surface area contributed by atoms with E-state index in [0.29, 0.717) is 32.6 Å². The van der Waals surface area contributed by atoms with Gasteiger partial charge >= 0.3 is 0 Å². The Morgan fingerprint density at radius 1 is 1.04 bits per heavy atom. The molecule has 0 N–H and O–H groups in total. The summed E-state index contributed by atoms with van der Waals surface area (Å²) in [5, 5.41) is 0. The molecule has 2 amide bonds. The maximum Gasteiger partial charge on any atom is 0.229 e. The lowest BCUT2D eigenvalue weighted by Gasteiger charge is -2.11. The number of likely N-dealkylation sites (tertiary alicyclic amines) is 1. The van der Waals surface area contributed by atoms with Gasteiger partial charge in [-0.05, 0) is 12.5 Å². The Hall–Kier alpha value is -2.05. The third kappa shape index (κ3) is 9.55. The van der Waals surface area contributed by atoms with E-state index < -0.39 is 0 Å². The molecule has 23 heavy (non-hydrogen) atoms. The molecule has 128 valence electrons. The van der Waals surface area contributed by atoms with E-state index in [2.05, 4.69) is 0 Å². The molecule has 1 aromatic rings. The molecule has 0 saturated carbocycles. The van der Waals surface area contributed by atoms with Crippen LogP contribution in [-0.4, -0.2) is 50.4 Å². The SMILES string of the molecule is CC=O.COCCN1C(=O)CCC1=O.COCc1ccccc1. The van der Waals surface area contributed by atoms with Gasteiger partial charge in [-0.15, -0.1) is 0 Å². The third-order valence-corrected chi connectivity index (χ3v) is 2.83. The van der Waals surface area contributed by atoms with Gasteiger partial charge in [-0.25, -0.2) is 0 Å². The minimum atomic E-state index is -0.0768. The van der Waals surface area contributed by atoms with Crippen molar-refractivity contribution >= 4 is 18.1 Å². The molecule has 0 atom stereocenters. The first kappa shape index (κ1) is 20.9. The number of rotatable bonds is 5. The number of methoxy groups -OCH3 is 2. The van der Waals surface area contributed by atoms with E-state index in [4.69, 9.17) is 14.3 Å². The first-order valence-electron chi connectivity index (χ1n) is 7.35. The molecule has 0 aromatic heterocycles. The van der Waals surface area contributed by atoms with Gasteiger partial charge in [0.05, 0.1) is 19.8 Å². The number of benzene rings is 1. The number of hydrogen-bond acceptors (Lipinski definition) is 5. The van der Waals surface area contributed by atoms with Crippen LogP contribution in [0.15, 0.2) is 30.3 Å². The highest BCUT2D eigenvalue weighted by Crippen LogP contribution is 2.10. The second kappa shape index (κ2) is 13.6. The van der Waals surface area contributed by atoms with E-state index in [-0.39, 0.29) is 11.8 Å². The van der Waals surface area contributed by atoms with E-state index in [1.807, 2.05) is 30.3 Å². The molecule has 1 aliphatic heterocycles. The van der Waals surface area contributed by atoms with Crippen molar-refractivity contribution in [2.75, 3.05) is 27.4 Å². The monoisotopic (exact) mass is 323 g/mol. The smallest absolute Gasteiger partial charge is 0.229 e. The van der Waals surface area contributed by atoms with Gasteiger partial charge in [-0.3, -0.25) is 14.5 Å². The van der Waals surface area contributed by atoms with Crippen molar-refractivity contribution in [3.63, 3.8) is 0 Å². The van der Waals surface area contributed by atoms with Gasteiger partial charge in [-0.2, -0.15) is 0 Å². The largest absolute Gasteiger partial charge is 0.383 e. The summed E-state index contributed by atoms with van der Waals surface area (Å²) in [4.78, 5) is 31.9. The molecule has 1 aliphatic rings. The summed E-state index contributed by atoms with van der Waals surface area (Å²) in [6, 6.07) is 10.1. The van der Waals surface area contributed by atoms with Gasteiger partial charge in [0, 0.05) is 27.1 Å². The zero-order valence-corrected chi connectivity index (χ0v) is 14.0. The van der Waals surface area contributed by atoms with Gasteiger partial charge in [0.25, 0.3) is 0 Å². The molecule has 0 bridgehead atoms. The van der Waals surface area contributed by atoms with Crippen LogP contribution in [0.5, 0.6) is 0 Å². The Balaban J connectivity index is 0.000000365. The summed E-state index contributed by atoms with van der Waals surface area (Å²) in [5.41, 5.74) is 1.22. The van der Waals surface area contributed by atoms with Crippen molar-refractivity contribution in [2.24, 2.45) is 0 Å². The van der Waals surface area contributed by atoms with Crippen molar-refractivity contribution in [2.45, 2.75) is 26.4 Å². The Bertz CT molecular complexity index is 445. The highest BCUT2D eigenvalue weighted by Gasteiger charge is 2.27. The number of amides is 2. The number of carbonyl (C=O) groups is 3. The molecule has 0 spiro atoms. The van der Waals surface area contributed by atoms with Crippen molar-refractivity contribution in [1.29, 1.82) is 0 Å².